The molecule has 118 valence electrons. The Hall–Kier alpha value is -1.11. The summed E-state index contributed by atoms with van der Waals surface area (Å²) in [4.78, 5) is 11.4. The van der Waals surface area contributed by atoms with Crippen molar-refractivity contribution in [3.05, 3.63) is 28.8 Å². The molecule has 5 nitrogen and oxygen atoms in total. The molecular formula is C14H20ClNO4S. The van der Waals surface area contributed by atoms with Gasteiger partial charge in [-0.3, -0.25) is 4.79 Å². The van der Waals surface area contributed by atoms with Crippen LogP contribution in [0, 0.1) is 12.3 Å². The Balaban J connectivity index is 3.28. The number of hydrogen-bond acceptors (Lipinski definition) is 3. The molecule has 0 amide bonds. The van der Waals surface area contributed by atoms with E-state index in [9.17, 15) is 18.3 Å². The molecular weight excluding hydrogens is 314 g/mol. The quantitative estimate of drug-likeness (QED) is 0.867. The van der Waals surface area contributed by atoms with Crippen molar-refractivity contribution in [2.24, 2.45) is 5.41 Å². The average molecular weight is 334 g/mol. The number of hydrogen-bond donors (Lipinski definition) is 2. The second-order valence-corrected chi connectivity index (χ2v) is 8.08. The maximum absolute atomic E-state index is 12.5. The summed E-state index contributed by atoms with van der Waals surface area (Å²) >= 11 is 5.95. The number of sulfonamides is 1. The Kier molecular flexibility index (Phi) is 4.77. The summed E-state index contributed by atoms with van der Waals surface area (Å²) in [6.07, 6.45) is 0. The number of aliphatic carboxylic acids is 1. The summed E-state index contributed by atoms with van der Waals surface area (Å²) < 4.78 is 27.5. The van der Waals surface area contributed by atoms with Crippen molar-refractivity contribution in [3.8, 4) is 0 Å². The Bertz CT molecular complexity index is 666. The normalized spacial score (nSPS) is 13.2. The van der Waals surface area contributed by atoms with Crippen LogP contribution in [0.15, 0.2) is 23.1 Å². The van der Waals surface area contributed by atoms with Crippen LogP contribution in [0.1, 0.15) is 33.3 Å². The summed E-state index contributed by atoms with van der Waals surface area (Å²) in [6.45, 7) is 7.63. The van der Waals surface area contributed by atoms with E-state index in [0.717, 1.165) is 0 Å². The number of halogens is 1. The highest BCUT2D eigenvalue weighted by atomic mass is 35.5. The molecule has 0 aliphatic carbocycles. The average Bonchev–Trinajstić information content (AvgIpc) is 2.30. The zero-order valence-corrected chi connectivity index (χ0v) is 14.3. The molecule has 0 saturated heterocycles. The maximum Gasteiger partial charge on any atom is 0.310 e. The minimum absolute atomic E-state index is 0.0456. The van der Waals surface area contributed by atoms with E-state index in [1.54, 1.807) is 32.9 Å². The smallest absolute Gasteiger partial charge is 0.310 e. The van der Waals surface area contributed by atoms with Gasteiger partial charge in [-0.25, -0.2) is 13.1 Å². The second-order valence-electron chi connectivity index (χ2n) is 6.02. The van der Waals surface area contributed by atoms with Crippen LogP contribution in [0.25, 0.3) is 0 Å². The van der Waals surface area contributed by atoms with Crippen molar-refractivity contribution in [1.82, 2.24) is 4.72 Å². The molecule has 0 radical (unpaired) electrons. The summed E-state index contributed by atoms with van der Waals surface area (Å²) in [7, 11) is -3.89. The Morgan fingerprint density at radius 3 is 2.24 bits per heavy atom. The fourth-order valence-electron chi connectivity index (χ4n) is 1.66. The van der Waals surface area contributed by atoms with Gasteiger partial charge in [0.15, 0.2) is 0 Å². The standard InChI is InChI=1S/C14H20ClNO4S/c1-9-10(15)7-6-8-11(9)21(19,20)16-14(4,5)13(2,3)12(17)18/h6-8,16H,1-5H3,(H,17,18). The van der Waals surface area contributed by atoms with Crippen LogP contribution in [-0.4, -0.2) is 25.0 Å². The topological polar surface area (TPSA) is 83.5 Å². The first kappa shape index (κ1) is 17.9. The van der Waals surface area contributed by atoms with Gasteiger partial charge in [0.05, 0.1) is 10.3 Å². The summed E-state index contributed by atoms with van der Waals surface area (Å²) in [5.41, 5.74) is -2.05. The van der Waals surface area contributed by atoms with Crippen LogP contribution < -0.4 is 4.72 Å². The molecule has 0 bridgehead atoms. The lowest BCUT2D eigenvalue weighted by atomic mass is 9.75. The predicted octanol–water partition coefficient (Wildman–Crippen LogP) is 2.82. The van der Waals surface area contributed by atoms with E-state index >= 15 is 0 Å². The maximum atomic E-state index is 12.5. The van der Waals surface area contributed by atoms with Crippen LogP contribution in [0.3, 0.4) is 0 Å². The molecule has 0 unspecified atom stereocenters. The highest BCUT2D eigenvalue weighted by Gasteiger charge is 2.46. The lowest BCUT2D eigenvalue weighted by Crippen LogP contribution is -2.56. The van der Waals surface area contributed by atoms with Gasteiger partial charge in [0.2, 0.25) is 10.0 Å². The molecule has 1 aromatic rings. The molecule has 1 rings (SSSR count). The van der Waals surface area contributed by atoms with Crippen molar-refractivity contribution in [3.63, 3.8) is 0 Å². The van der Waals surface area contributed by atoms with Gasteiger partial charge in [-0.15, -0.1) is 0 Å². The van der Waals surface area contributed by atoms with Crippen LogP contribution in [0.4, 0.5) is 0 Å². The number of carboxylic acid groups (broad SMARTS) is 1. The molecule has 0 aromatic heterocycles. The summed E-state index contributed by atoms with van der Waals surface area (Å²) in [6, 6.07) is 4.58. The van der Waals surface area contributed by atoms with Crippen molar-refractivity contribution >= 4 is 27.6 Å². The molecule has 7 heteroatoms. The van der Waals surface area contributed by atoms with Crippen molar-refractivity contribution < 1.29 is 18.3 Å². The monoisotopic (exact) mass is 333 g/mol. The third-order valence-corrected chi connectivity index (χ3v) is 6.20. The van der Waals surface area contributed by atoms with E-state index in [0.29, 0.717) is 10.6 Å². The van der Waals surface area contributed by atoms with Gasteiger partial charge in [-0.2, -0.15) is 0 Å². The largest absolute Gasteiger partial charge is 0.481 e. The number of rotatable bonds is 5. The number of carbonyl (C=O) groups is 1. The molecule has 0 atom stereocenters. The zero-order valence-electron chi connectivity index (χ0n) is 12.7. The number of nitrogens with one attached hydrogen (secondary N) is 1. The molecule has 21 heavy (non-hydrogen) atoms. The van der Waals surface area contributed by atoms with Gasteiger partial charge in [0.1, 0.15) is 0 Å². The highest BCUT2D eigenvalue weighted by molar-refractivity contribution is 7.89. The molecule has 0 aliphatic heterocycles. The third-order valence-electron chi connectivity index (χ3n) is 3.99. The summed E-state index contributed by atoms with van der Waals surface area (Å²) in [5, 5.41) is 9.63. The molecule has 0 fully saturated rings. The number of carboxylic acids is 1. The van der Waals surface area contributed by atoms with E-state index in [-0.39, 0.29) is 4.90 Å². The minimum Gasteiger partial charge on any atom is -0.481 e. The first-order chi connectivity index (χ1) is 9.33. The lowest BCUT2D eigenvalue weighted by molar-refractivity contribution is -0.150. The molecule has 0 spiro atoms. The van der Waals surface area contributed by atoms with Crippen LogP contribution in [0.5, 0.6) is 0 Å². The lowest BCUT2D eigenvalue weighted by Gasteiger charge is -2.38. The van der Waals surface area contributed by atoms with Gasteiger partial charge in [0.25, 0.3) is 0 Å². The molecule has 0 heterocycles. The van der Waals surface area contributed by atoms with E-state index in [2.05, 4.69) is 4.72 Å². The van der Waals surface area contributed by atoms with Crippen LogP contribution in [-0.2, 0) is 14.8 Å². The van der Waals surface area contributed by atoms with Gasteiger partial charge in [-0.1, -0.05) is 17.7 Å². The first-order valence-corrected chi connectivity index (χ1v) is 8.21. The second kappa shape index (κ2) is 5.59. The van der Waals surface area contributed by atoms with Crippen LogP contribution >= 0.6 is 11.6 Å². The summed E-state index contributed by atoms with van der Waals surface area (Å²) in [5.74, 6) is -1.09. The van der Waals surface area contributed by atoms with E-state index in [1.807, 2.05) is 0 Å². The third kappa shape index (κ3) is 3.39. The van der Waals surface area contributed by atoms with Crippen molar-refractivity contribution in [2.75, 3.05) is 0 Å². The fraction of sp³-hybridized carbons (Fsp3) is 0.500. The number of benzene rings is 1. The molecule has 0 saturated carbocycles. The highest BCUT2D eigenvalue weighted by Crippen LogP contribution is 2.33. The van der Waals surface area contributed by atoms with Gasteiger partial charge in [0, 0.05) is 10.6 Å². The Morgan fingerprint density at radius 2 is 1.76 bits per heavy atom. The zero-order chi connectivity index (χ0) is 16.6. The SMILES string of the molecule is Cc1c(Cl)cccc1S(=O)(=O)NC(C)(C)C(C)(C)C(=O)O. The molecule has 2 N–H and O–H groups in total. The van der Waals surface area contributed by atoms with Gasteiger partial charge >= 0.3 is 5.97 Å². The fourth-order valence-corrected chi connectivity index (χ4v) is 3.70. The minimum atomic E-state index is -3.89. The van der Waals surface area contributed by atoms with Crippen LogP contribution in [0.2, 0.25) is 5.02 Å². The van der Waals surface area contributed by atoms with E-state index in [4.69, 9.17) is 11.6 Å². The first-order valence-electron chi connectivity index (χ1n) is 6.35. The van der Waals surface area contributed by atoms with Gasteiger partial charge < -0.3 is 5.11 Å². The van der Waals surface area contributed by atoms with Crippen molar-refractivity contribution in [2.45, 2.75) is 45.1 Å². The molecule has 1 aromatic carbocycles. The Morgan fingerprint density at radius 1 is 1.24 bits per heavy atom. The Labute approximate surface area is 130 Å². The predicted molar refractivity (Wildman–Crippen MR) is 82.0 cm³/mol. The van der Waals surface area contributed by atoms with E-state index < -0.39 is 26.9 Å². The van der Waals surface area contributed by atoms with Crippen molar-refractivity contribution in [1.29, 1.82) is 0 Å². The van der Waals surface area contributed by atoms with Gasteiger partial charge in [-0.05, 0) is 52.3 Å². The van der Waals surface area contributed by atoms with E-state index in [1.165, 1.54) is 19.9 Å². The molecule has 0 aliphatic rings.